The summed E-state index contributed by atoms with van der Waals surface area (Å²) in [6.45, 7) is 0. The van der Waals surface area contributed by atoms with Crippen LogP contribution in [-0.4, -0.2) is 31.3 Å². The summed E-state index contributed by atoms with van der Waals surface area (Å²) in [5.41, 5.74) is 1.70. The van der Waals surface area contributed by atoms with Crippen molar-refractivity contribution in [3.05, 3.63) is 74.9 Å². The van der Waals surface area contributed by atoms with Crippen molar-refractivity contribution in [1.29, 1.82) is 0 Å². The summed E-state index contributed by atoms with van der Waals surface area (Å²) in [7, 11) is 0. The Morgan fingerprint density at radius 3 is 2.46 bits per heavy atom. The Morgan fingerprint density at radius 1 is 0.962 bits per heavy atom. The van der Waals surface area contributed by atoms with Crippen molar-refractivity contribution in [3.63, 3.8) is 0 Å². The van der Waals surface area contributed by atoms with Crippen LogP contribution in [0.2, 0.25) is 0 Å². The fraction of sp³-hybridized carbons (Fsp3) is 0. The predicted octanol–water partition coefficient (Wildman–Crippen LogP) is 2.06. The third-order valence-corrected chi connectivity index (χ3v) is 3.83. The molecule has 4 N–H and O–H groups in total. The van der Waals surface area contributed by atoms with E-state index in [0.29, 0.717) is 5.69 Å². The topological polar surface area (TPSA) is 127 Å². The normalized spacial score (nSPS) is 11.4. The monoisotopic (exact) mass is 347 g/mol. The van der Waals surface area contributed by atoms with E-state index in [1.807, 2.05) is 41.4 Å². The van der Waals surface area contributed by atoms with E-state index in [9.17, 15) is 14.7 Å². The highest BCUT2D eigenvalue weighted by Gasteiger charge is 2.06. The molecule has 0 saturated carbocycles. The Balaban J connectivity index is 1.62. The van der Waals surface area contributed by atoms with Crippen LogP contribution in [0, 0.1) is 0 Å². The van der Waals surface area contributed by atoms with Crippen LogP contribution in [0.25, 0.3) is 22.4 Å². The Bertz CT molecular complexity index is 1200. The molecule has 0 atom stereocenters. The zero-order valence-electron chi connectivity index (χ0n) is 13.4. The van der Waals surface area contributed by atoms with Gasteiger partial charge < -0.3 is 10.1 Å². The quantitative estimate of drug-likeness (QED) is 0.423. The first-order valence-corrected chi connectivity index (χ1v) is 7.75. The van der Waals surface area contributed by atoms with Gasteiger partial charge in [0.25, 0.3) is 5.56 Å². The van der Waals surface area contributed by atoms with Gasteiger partial charge in [-0.3, -0.25) is 19.8 Å². The van der Waals surface area contributed by atoms with E-state index in [1.165, 1.54) is 6.21 Å². The fourth-order valence-electron chi connectivity index (χ4n) is 2.54. The zero-order valence-corrected chi connectivity index (χ0v) is 13.4. The van der Waals surface area contributed by atoms with E-state index >= 15 is 0 Å². The molecule has 0 radical (unpaired) electrons. The van der Waals surface area contributed by atoms with E-state index in [1.54, 1.807) is 12.1 Å². The van der Waals surface area contributed by atoms with Crippen molar-refractivity contribution in [2.75, 3.05) is 0 Å². The summed E-state index contributed by atoms with van der Waals surface area (Å²) >= 11 is 0. The van der Waals surface area contributed by atoms with Gasteiger partial charge >= 0.3 is 5.69 Å². The molecule has 4 aromatic rings. The van der Waals surface area contributed by atoms with Gasteiger partial charge in [-0.2, -0.15) is 0 Å². The maximum Gasteiger partial charge on any atom is 0.328 e. The second-order valence-corrected chi connectivity index (χ2v) is 5.58. The van der Waals surface area contributed by atoms with E-state index in [2.05, 4.69) is 19.9 Å². The highest BCUT2D eigenvalue weighted by Crippen LogP contribution is 2.23. The number of hydrogen-bond donors (Lipinski definition) is 4. The smallest absolute Gasteiger partial charge is 0.328 e. The molecule has 4 rings (SSSR count). The van der Waals surface area contributed by atoms with Crippen LogP contribution in [0.4, 0.5) is 5.69 Å². The molecule has 0 aliphatic heterocycles. The van der Waals surface area contributed by atoms with Crippen molar-refractivity contribution >= 4 is 22.9 Å². The molecule has 8 heteroatoms. The SMILES string of the molecule is O=c1[nH]c(O)c(C=Nc2ccc(-c3nc4ccccc4[nH]3)cc2)c(=O)[nH]1. The number of H-pyrrole nitrogens is 3. The number of imidazole rings is 1. The molecular weight excluding hydrogens is 334 g/mol. The molecule has 128 valence electrons. The molecule has 0 unspecified atom stereocenters. The minimum absolute atomic E-state index is 0.119. The molecule has 0 saturated heterocycles. The third kappa shape index (κ3) is 2.91. The highest BCUT2D eigenvalue weighted by atomic mass is 16.3. The van der Waals surface area contributed by atoms with E-state index < -0.39 is 17.1 Å². The van der Waals surface area contributed by atoms with Crippen molar-refractivity contribution in [3.8, 4) is 17.3 Å². The molecule has 0 amide bonds. The second-order valence-electron chi connectivity index (χ2n) is 5.58. The van der Waals surface area contributed by atoms with Gasteiger partial charge in [0.1, 0.15) is 11.4 Å². The lowest BCUT2D eigenvalue weighted by molar-refractivity contribution is 0.447. The number of benzene rings is 2. The van der Waals surface area contributed by atoms with Gasteiger partial charge in [-0.05, 0) is 36.4 Å². The minimum Gasteiger partial charge on any atom is -0.494 e. The lowest BCUT2D eigenvalue weighted by Gasteiger charge is -1.99. The van der Waals surface area contributed by atoms with Crippen LogP contribution in [0.1, 0.15) is 5.56 Å². The standard InChI is InChI=1S/C18H13N5O3/c24-16-12(17(25)23-18(26)22-16)9-19-11-7-5-10(6-8-11)15-20-13-3-1-2-4-14(13)21-15/h1-9H,(H,20,21)(H3,22,23,24,25,26). The Morgan fingerprint density at radius 2 is 1.73 bits per heavy atom. The Hall–Kier alpha value is -3.94. The summed E-state index contributed by atoms with van der Waals surface area (Å²) in [6, 6.07) is 15.0. The highest BCUT2D eigenvalue weighted by molar-refractivity contribution is 5.84. The van der Waals surface area contributed by atoms with Gasteiger partial charge in [0, 0.05) is 11.8 Å². The number of hydrogen-bond acceptors (Lipinski definition) is 5. The predicted molar refractivity (Wildman–Crippen MR) is 98.1 cm³/mol. The van der Waals surface area contributed by atoms with Gasteiger partial charge in [0.2, 0.25) is 5.88 Å². The second kappa shape index (κ2) is 6.17. The Kier molecular flexibility index (Phi) is 3.70. The summed E-state index contributed by atoms with van der Waals surface area (Å²) in [6.07, 6.45) is 1.19. The molecule has 0 aliphatic rings. The first kappa shape index (κ1) is 15.6. The van der Waals surface area contributed by atoms with E-state index in [4.69, 9.17) is 0 Å². The molecule has 8 nitrogen and oxygen atoms in total. The molecule has 0 spiro atoms. The summed E-state index contributed by atoms with van der Waals surface area (Å²) in [5.74, 6) is 0.220. The molecule has 2 aromatic carbocycles. The molecule has 0 fully saturated rings. The van der Waals surface area contributed by atoms with Crippen molar-refractivity contribution in [2.45, 2.75) is 0 Å². The maximum atomic E-state index is 11.7. The average molecular weight is 347 g/mol. The first-order valence-electron chi connectivity index (χ1n) is 7.75. The number of aromatic nitrogens is 4. The molecule has 0 bridgehead atoms. The lowest BCUT2D eigenvalue weighted by Crippen LogP contribution is -2.24. The van der Waals surface area contributed by atoms with Gasteiger partial charge in [-0.25, -0.2) is 9.78 Å². The van der Waals surface area contributed by atoms with Crippen molar-refractivity contribution in [1.82, 2.24) is 19.9 Å². The number of aliphatic imine (C=N–C) groups is 1. The van der Waals surface area contributed by atoms with Crippen LogP contribution in [0.15, 0.2) is 63.1 Å². The van der Waals surface area contributed by atoms with E-state index in [-0.39, 0.29) is 5.56 Å². The zero-order chi connectivity index (χ0) is 18.1. The van der Waals surface area contributed by atoms with Crippen LogP contribution < -0.4 is 11.2 Å². The maximum absolute atomic E-state index is 11.7. The summed E-state index contributed by atoms with van der Waals surface area (Å²) < 4.78 is 0. The van der Waals surface area contributed by atoms with Crippen LogP contribution in [0.5, 0.6) is 5.88 Å². The van der Waals surface area contributed by atoms with Gasteiger partial charge in [-0.15, -0.1) is 0 Å². The van der Waals surface area contributed by atoms with Crippen LogP contribution in [-0.2, 0) is 0 Å². The number of fused-ring (bicyclic) bond motifs is 1. The van der Waals surface area contributed by atoms with Gasteiger partial charge in [0.15, 0.2) is 0 Å². The largest absolute Gasteiger partial charge is 0.494 e. The van der Waals surface area contributed by atoms with Crippen LogP contribution >= 0.6 is 0 Å². The number of aromatic amines is 3. The number of aromatic hydroxyl groups is 1. The van der Waals surface area contributed by atoms with Gasteiger partial charge in [0.05, 0.1) is 16.7 Å². The molecule has 26 heavy (non-hydrogen) atoms. The molecular formula is C18H13N5O3. The summed E-state index contributed by atoms with van der Waals surface area (Å²) in [4.78, 5) is 38.8. The number of nitrogens with one attached hydrogen (secondary N) is 3. The van der Waals surface area contributed by atoms with Gasteiger partial charge in [-0.1, -0.05) is 12.1 Å². The lowest BCUT2D eigenvalue weighted by atomic mass is 10.2. The molecule has 2 aromatic heterocycles. The number of para-hydroxylation sites is 2. The first-order chi connectivity index (χ1) is 12.6. The number of nitrogens with zero attached hydrogens (tertiary/aromatic N) is 2. The van der Waals surface area contributed by atoms with E-state index in [0.717, 1.165) is 22.4 Å². The summed E-state index contributed by atoms with van der Waals surface area (Å²) in [5, 5.41) is 9.63. The molecule has 2 heterocycles. The average Bonchev–Trinajstić information content (AvgIpc) is 3.05. The molecule has 0 aliphatic carbocycles. The Labute approximate surface area is 145 Å². The fourth-order valence-corrected chi connectivity index (χ4v) is 2.54. The van der Waals surface area contributed by atoms with Crippen molar-refractivity contribution < 1.29 is 5.11 Å². The number of rotatable bonds is 3. The van der Waals surface area contributed by atoms with Crippen molar-refractivity contribution in [2.24, 2.45) is 4.99 Å². The minimum atomic E-state index is -0.778. The third-order valence-electron chi connectivity index (χ3n) is 3.83. The van der Waals surface area contributed by atoms with Crippen LogP contribution in [0.3, 0.4) is 0 Å².